The van der Waals surface area contributed by atoms with E-state index in [4.69, 9.17) is 35.6 Å². The van der Waals surface area contributed by atoms with Gasteiger partial charge in [-0.05, 0) is 24.7 Å². The molecule has 6 N–H and O–H groups in total. The Kier molecular flexibility index (Phi) is 7.94. The molecule has 0 radical (unpaired) electrons. The minimum atomic E-state index is -2.74. The number of fused-ring (bicyclic) bond motifs is 2. The van der Waals surface area contributed by atoms with Gasteiger partial charge in [-0.2, -0.15) is 0 Å². The van der Waals surface area contributed by atoms with E-state index in [0.717, 1.165) is 29.2 Å². The number of aliphatic carboxylic acids is 3. The molecule has 1 unspecified atom stereocenters. The molecular formula is C21H23NO9. The fourth-order valence-corrected chi connectivity index (χ4v) is 2.89. The first-order valence-electron chi connectivity index (χ1n) is 9.28. The molecule has 1 heterocycles. The number of carboxylic acid groups (broad SMARTS) is 3. The number of benzene rings is 2. The van der Waals surface area contributed by atoms with E-state index in [0.29, 0.717) is 6.54 Å². The average Bonchev–Trinajstić information content (AvgIpc) is 2.84. The molecule has 2 aromatic rings. The van der Waals surface area contributed by atoms with Gasteiger partial charge in [-0.25, -0.2) is 4.79 Å². The maximum Gasteiger partial charge on any atom is 0.336 e. The van der Waals surface area contributed by atoms with Crippen LogP contribution in [-0.4, -0.2) is 50.5 Å². The van der Waals surface area contributed by atoms with E-state index in [2.05, 4.69) is 0 Å². The second-order valence-electron chi connectivity index (χ2n) is 6.75. The normalized spacial score (nSPS) is 14.3. The lowest BCUT2D eigenvalue weighted by atomic mass is 9.96. The van der Waals surface area contributed by atoms with Crippen LogP contribution < -0.4 is 15.2 Å². The lowest BCUT2D eigenvalue weighted by Crippen LogP contribution is -2.42. The monoisotopic (exact) mass is 433 g/mol. The average molecular weight is 433 g/mol. The van der Waals surface area contributed by atoms with E-state index in [-0.39, 0.29) is 6.10 Å². The molecule has 2 aromatic carbocycles. The third-order valence-electron chi connectivity index (χ3n) is 4.32. The summed E-state index contributed by atoms with van der Waals surface area (Å²) >= 11 is 0. The van der Waals surface area contributed by atoms with Gasteiger partial charge in [0.1, 0.15) is 11.9 Å². The number of para-hydroxylation sites is 3. The molecule has 1 atom stereocenters. The van der Waals surface area contributed by atoms with E-state index < -0.39 is 36.4 Å². The predicted octanol–water partition coefficient (Wildman–Crippen LogP) is 2.01. The Morgan fingerprint density at radius 1 is 0.871 bits per heavy atom. The number of hydrogen-bond donors (Lipinski definition) is 5. The van der Waals surface area contributed by atoms with Crippen LogP contribution in [0, 0.1) is 0 Å². The largest absolute Gasteiger partial charge is 0.482 e. The number of hydrogen-bond acceptors (Lipinski definition) is 7. The van der Waals surface area contributed by atoms with Gasteiger partial charge in [0.15, 0.2) is 17.1 Å². The van der Waals surface area contributed by atoms with Crippen LogP contribution >= 0.6 is 0 Å². The van der Waals surface area contributed by atoms with Crippen molar-refractivity contribution in [2.45, 2.75) is 31.0 Å². The Balaban J connectivity index is 0.000000235. The van der Waals surface area contributed by atoms with Crippen LogP contribution in [0.15, 0.2) is 48.5 Å². The maximum absolute atomic E-state index is 10.3. The van der Waals surface area contributed by atoms with Gasteiger partial charge in [0.2, 0.25) is 0 Å². The van der Waals surface area contributed by atoms with Gasteiger partial charge in [0.05, 0.1) is 12.8 Å². The summed E-state index contributed by atoms with van der Waals surface area (Å²) in [4.78, 5) is 30.5. The zero-order valence-electron chi connectivity index (χ0n) is 16.4. The van der Waals surface area contributed by atoms with Crippen LogP contribution in [0.5, 0.6) is 17.2 Å². The highest BCUT2D eigenvalue weighted by Crippen LogP contribution is 2.42. The molecule has 0 saturated carbocycles. The second kappa shape index (κ2) is 10.4. The minimum Gasteiger partial charge on any atom is -0.482 e. The quantitative estimate of drug-likeness (QED) is 0.434. The highest BCUT2D eigenvalue weighted by molar-refractivity contribution is 5.88. The van der Waals surface area contributed by atoms with Crippen LogP contribution in [0.3, 0.4) is 0 Å². The fraction of sp³-hybridized carbons (Fsp3) is 0.286. The molecule has 0 bridgehead atoms. The molecular weight excluding hydrogens is 410 g/mol. The molecule has 10 nitrogen and oxygen atoms in total. The van der Waals surface area contributed by atoms with Crippen molar-refractivity contribution in [1.82, 2.24) is 0 Å². The van der Waals surface area contributed by atoms with Crippen LogP contribution in [0.2, 0.25) is 0 Å². The van der Waals surface area contributed by atoms with Crippen LogP contribution in [0.25, 0.3) is 0 Å². The maximum atomic E-state index is 10.3. The minimum absolute atomic E-state index is 0.0464. The summed E-state index contributed by atoms with van der Waals surface area (Å²) in [5, 5.41) is 33.8. The lowest BCUT2D eigenvalue weighted by Gasteiger charge is -2.18. The first-order chi connectivity index (χ1) is 14.7. The number of carboxylic acids is 3. The summed E-state index contributed by atoms with van der Waals surface area (Å²) in [7, 11) is 0. The van der Waals surface area contributed by atoms with Crippen LogP contribution in [0.1, 0.15) is 30.9 Å². The Morgan fingerprint density at radius 2 is 1.39 bits per heavy atom. The van der Waals surface area contributed by atoms with E-state index in [9.17, 15) is 14.4 Å². The number of aliphatic hydroxyl groups is 1. The van der Waals surface area contributed by atoms with Crippen molar-refractivity contribution in [2.75, 3.05) is 6.54 Å². The summed E-state index contributed by atoms with van der Waals surface area (Å²) in [6.07, 6.45) is -1.56. The van der Waals surface area contributed by atoms with E-state index in [1.807, 2.05) is 48.5 Å². The van der Waals surface area contributed by atoms with Gasteiger partial charge >= 0.3 is 17.9 Å². The smallest absolute Gasteiger partial charge is 0.336 e. The van der Waals surface area contributed by atoms with Gasteiger partial charge in [0.25, 0.3) is 0 Å². The predicted molar refractivity (Wildman–Crippen MR) is 107 cm³/mol. The SMILES string of the molecule is NCCC1Oc2ccccc2Oc2ccccc21.O=C(O)CC(O)(CC(=O)O)C(=O)O. The van der Waals surface area contributed by atoms with Crippen molar-refractivity contribution in [3.8, 4) is 17.2 Å². The van der Waals surface area contributed by atoms with Crippen molar-refractivity contribution in [3.05, 3.63) is 54.1 Å². The topological polar surface area (TPSA) is 177 Å². The summed E-state index contributed by atoms with van der Waals surface area (Å²) < 4.78 is 11.9. The molecule has 0 fully saturated rings. The molecule has 31 heavy (non-hydrogen) atoms. The summed E-state index contributed by atoms with van der Waals surface area (Å²) in [6.45, 7) is 0.584. The van der Waals surface area contributed by atoms with Gasteiger partial charge in [-0.1, -0.05) is 30.3 Å². The van der Waals surface area contributed by atoms with Crippen molar-refractivity contribution < 1.29 is 44.3 Å². The zero-order chi connectivity index (χ0) is 23.0. The van der Waals surface area contributed by atoms with Gasteiger partial charge < -0.3 is 35.6 Å². The highest BCUT2D eigenvalue weighted by Gasteiger charge is 2.40. The Labute approximate surface area is 177 Å². The van der Waals surface area contributed by atoms with E-state index in [1.54, 1.807) is 0 Å². The highest BCUT2D eigenvalue weighted by atomic mass is 16.5. The molecule has 0 amide bonds. The van der Waals surface area contributed by atoms with Gasteiger partial charge in [0, 0.05) is 12.0 Å². The number of nitrogens with two attached hydrogens (primary N) is 1. The van der Waals surface area contributed by atoms with Crippen molar-refractivity contribution in [1.29, 1.82) is 0 Å². The Bertz CT molecular complexity index is 928. The lowest BCUT2D eigenvalue weighted by molar-refractivity contribution is -0.170. The first-order valence-corrected chi connectivity index (χ1v) is 9.28. The van der Waals surface area contributed by atoms with Gasteiger partial charge in [-0.15, -0.1) is 0 Å². The van der Waals surface area contributed by atoms with Crippen molar-refractivity contribution in [2.24, 2.45) is 5.73 Å². The standard InChI is InChI=1S/C15H15NO2.C6H8O7/c16-10-9-13-11-5-1-2-6-12(11)17-14-7-3-4-8-15(14)18-13;7-3(8)1-6(13,5(11)12)2-4(9)10/h1-8,13H,9-10,16H2;13H,1-2H2,(H,7,8)(H,9,10)(H,11,12). The summed E-state index contributed by atoms with van der Waals surface area (Å²) in [6, 6.07) is 15.7. The third kappa shape index (κ3) is 6.43. The molecule has 3 rings (SSSR count). The third-order valence-corrected chi connectivity index (χ3v) is 4.32. The molecule has 0 aliphatic carbocycles. The molecule has 0 aromatic heterocycles. The van der Waals surface area contributed by atoms with Gasteiger partial charge in [-0.3, -0.25) is 9.59 Å². The summed E-state index contributed by atoms with van der Waals surface area (Å²) in [5.41, 5.74) is 3.98. The molecule has 10 heteroatoms. The summed E-state index contributed by atoms with van der Waals surface area (Å²) in [5.74, 6) is -2.65. The molecule has 1 aliphatic heterocycles. The fourth-order valence-electron chi connectivity index (χ4n) is 2.89. The molecule has 166 valence electrons. The molecule has 0 spiro atoms. The van der Waals surface area contributed by atoms with Crippen molar-refractivity contribution >= 4 is 17.9 Å². The second-order valence-corrected chi connectivity index (χ2v) is 6.75. The number of carbonyl (C=O) groups is 3. The number of ether oxygens (including phenoxy) is 2. The Hall–Kier alpha value is -3.63. The zero-order valence-corrected chi connectivity index (χ0v) is 16.4. The van der Waals surface area contributed by atoms with Crippen LogP contribution in [-0.2, 0) is 14.4 Å². The van der Waals surface area contributed by atoms with E-state index >= 15 is 0 Å². The Morgan fingerprint density at radius 3 is 1.90 bits per heavy atom. The number of rotatable bonds is 7. The van der Waals surface area contributed by atoms with Crippen molar-refractivity contribution in [3.63, 3.8) is 0 Å². The van der Waals surface area contributed by atoms with Crippen LogP contribution in [0.4, 0.5) is 0 Å². The molecule has 0 saturated heterocycles. The van der Waals surface area contributed by atoms with E-state index in [1.165, 1.54) is 0 Å². The first kappa shape index (κ1) is 23.6. The molecule has 1 aliphatic rings.